The van der Waals surface area contributed by atoms with Crippen molar-refractivity contribution in [2.75, 3.05) is 0 Å². The number of hydrogen-bond acceptors (Lipinski definition) is 1. The molecule has 0 saturated carbocycles. The molecule has 1 unspecified atom stereocenters. The standard InChI is InChI=1S/C15H12F4O/c1-9-4-2-3-5-11(9)14(20)12-8-10(16)6-7-13(12)15(17,18)19/h2-8,14,20H,1H3. The van der Waals surface area contributed by atoms with Gasteiger partial charge in [0, 0.05) is 5.56 Å². The predicted molar refractivity (Wildman–Crippen MR) is 66.6 cm³/mol. The van der Waals surface area contributed by atoms with Crippen LogP contribution in [0.25, 0.3) is 0 Å². The van der Waals surface area contributed by atoms with E-state index in [2.05, 4.69) is 0 Å². The summed E-state index contributed by atoms with van der Waals surface area (Å²) < 4.78 is 52.0. The van der Waals surface area contributed by atoms with Gasteiger partial charge in [-0.1, -0.05) is 24.3 Å². The van der Waals surface area contributed by atoms with Gasteiger partial charge < -0.3 is 5.11 Å². The Labute approximate surface area is 113 Å². The highest BCUT2D eigenvalue weighted by molar-refractivity contribution is 5.40. The summed E-state index contributed by atoms with van der Waals surface area (Å²) >= 11 is 0. The summed E-state index contributed by atoms with van der Waals surface area (Å²) in [4.78, 5) is 0. The Morgan fingerprint density at radius 2 is 1.65 bits per heavy atom. The van der Waals surface area contributed by atoms with Crippen LogP contribution in [0, 0.1) is 12.7 Å². The molecule has 0 radical (unpaired) electrons. The van der Waals surface area contributed by atoms with Crippen molar-refractivity contribution in [1.82, 2.24) is 0 Å². The number of halogens is 4. The van der Waals surface area contributed by atoms with Gasteiger partial charge in [-0.2, -0.15) is 13.2 Å². The van der Waals surface area contributed by atoms with Crippen LogP contribution in [0.15, 0.2) is 42.5 Å². The lowest BCUT2D eigenvalue weighted by molar-refractivity contribution is -0.139. The fourth-order valence-electron chi connectivity index (χ4n) is 2.08. The molecule has 0 saturated heterocycles. The van der Waals surface area contributed by atoms with E-state index in [-0.39, 0.29) is 0 Å². The molecule has 1 nitrogen and oxygen atoms in total. The Morgan fingerprint density at radius 1 is 1.00 bits per heavy atom. The molecule has 5 heteroatoms. The maximum atomic E-state index is 13.2. The topological polar surface area (TPSA) is 20.2 Å². The van der Waals surface area contributed by atoms with Crippen molar-refractivity contribution in [3.05, 3.63) is 70.5 Å². The first kappa shape index (κ1) is 14.5. The van der Waals surface area contributed by atoms with Gasteiger partial charge >= 0.3 is 6.18 Å². The third kappa shape index (κ3) is 2.82. The van der Waals surface area contributed by atoms with Gasteiger partial charge in [-0.15, -0.1) is 0 Å². The summed E-state index contributed by atoms with van der Waals surface area (Å²) in [6, 6.07) is 8.61. The zero-order valence-corrected chi connectivity index (χ0v) is 10.6. The summed E-state index contributed by atoms with van der Waals surface area (Å²) in [5.41, 5.74) is -0.553. The Kier molecular flexibility index (Phi) is 3.81. The molecule has 2 aromatic carbocycles. The molecule has 106 valence electrons. The molecule has 0 heterocycles. The number of aliphatic hydroxyl groups is 1. The molecule has 0 aromatic heterocycles. The first-order valence-electron chi connectivity index (χ1n) is 5.91. The van der Waals surface area contributed by atoms with E-state index in [1.54, 1.807) is 25.1 Å². The van der Waals surface area contributed by atoms with Crippen LogP contribution in [0.1, 0.15) is 28.4 Å². The average Bonchev–Trinajstić information content (AvgIpc) is 2.37. The van der Waals surface area contributed by atoms with Gasteiger partial charge in [-0.05, 0) is 36.2 Å². The predicted octanol–water partition coefficient (Wildman–Crippen LogP) is 4.23. The molecular formula is C15H12F4O. The maximum Gasteiger partial charge on any atom is 0.416 e. The number of alkyl halides is 3. The molecule has 1 N–H and O–H groups in total. The highest BCUT2D eigenvalue weighted by Gasteiger charge is 2.35. The second-order valence-corrected chi connectivity index (χ2v) is 4.49. The molecule has 0 fully saturated rings. The fourth-order valence-corrected chi connectivity index (χ4v) is 2.08. The summed E-state index contributed by atoms with van der Waals surface area (Å²) in [5, 5.41) is 10.2. The van der Waals surface area contributed by atoms with Gasteiger partial charge in [0.05, 0.1) is 5.56 Å². The van der Waals surface area contributed by atoms with Crippen LogP contribution in [0.5, 0.6) is 0 Å². The Morgan fingerprint density at radius 3 is 2.25 bits per heavy atom. The van der Waals surface area contributed by atoms with Crippen LogP contribution < -0.4 is 0 Å². The van der Waals surface area contributed by atoms with Crippen molar-refractivity contribution in [1.29, 1.82) is 0 Å². The molecule has 0 aliphatic carbocycles. The average molecular weight is 284 g/mol. The molecule has 0 amide bonds. The second kappa shape index (κ2) is 5.25. The molecule has 0 spiro atoms. The molecule has 20 heavy (non-hydrogen) atoms. The molecule has 2 aromatic rings. The number of hydrogen-bond donors (Lipinski definition) is 1. The van der Waals surface area contributed by atoms with Crippen molar-refractivity contribution in [2.24, 2.45) is 0 Å². The smallest absolute Gasteiger partial charge is 0.384 e. The minimum Gasteiger partial charge on any atom is -0.384 e. The van der Waals surface area contributed by atoms with Crippen LogP contribution >= 0.6 is 0 Å². The van der Waals surface area contributed by atoms with Gasteiger partial charge in [0.25, 0.3) is 0 Å². The van der Waals surface area contributed by atoms with E-state index in [4.69, 9.17) is 0 Å². The Balaban J connectivity index is 2.57. The lowest BCUT2D eigenvalue weighted by Crippen LogP contribution is -2.13. The lowest BCUT2D eigenvalue weighted by Gasteiger charge is -2.19. The monoisotopic (exact) mass is 284 g/mol. The van der Waals surface area contributed by atoms with E-state index >= 15 is 0 Å². The fraction of sp³-hybridized carbons (Fsp3) is 0.200. The SMILES string of the molecule is Cc1ccccc1C(O)c1cc(F)ccc1C(F)(F)F. The van der Waals surface area contributed by atoms with E-state index in [9.17, 15) is 22.7 Å². The Bertz CT molecular complexity index is 620. The first-order chi connectivity index (χ1) is 9.30. The molecule has 0 aliphatic heterocycles. The van der Waals surface area contributed by atoms with Crippen molar-refractivity contribution >= 4 is 0 Å². The first-order valence-corrected chi connectivity index (χ1v) is 5.91. The van der Waals surface area contributed by atoms with Gasteiger partial charge in [0.2, 0.25) is 0 Å². The Hall–Kier alpha value is -1.88. The minimum atomic E-state index is -4.65. The number of benzene rings is 2. The third-order valence-electron chi connectivity index (χ3n) is 3.10. The van der Waals surface area contributed by atoms with Crippen LogP contribution in [0.2, 0.25) is 0 Å². The van der Waals surface area contributed by atoms with Crippen LogP contribution in [0.4, 0.5) is 17.6 Å². The summed E-state index contributed by atoms with van der Waals surface area (Å²) in [5.74, 6) is -0.819. The molecule has 1 atom stereocenters. The van der Waals surface area contributed by atoms with E-state index in [0.29, 0.717) is 17.2 Å². The highest BCUT2D eigenvalue weighted by Crippen LogP contribution is 2.37. The normalized spacial score (nSPS) is 13.3. The number of rotatable bonds is 2. The van der Waals surface area contributed by atoms with Crippen LogP contribution in [-0.2, 0) is 6.18 Å². The van der Waals surface area contributed by atoms with Crippen molar-refractivity contribution in [3.63, 3.8) is 0 Å². The molecule has 0 aliphatic rings. The maximum absolute atomic E-state index is 13.2. The van der Waals surface area contributed by atoms with Crippen molar-refractivity contribution in [3.8, 4) is 0 Å². The van der Waals surface area contributed by atoms with Crippen molar-refractivity contribution < 1.29 is 22.7 Å². The van der Waals surface area contributed by atoms with Gasteiger partial charge in [-0.3, -0.25) is 0 Å². The largest absolute Gasteiger partial charge is 0.416 e. The minimum absolute atomic E-state index is 0.323. The third-order valence-corrected chi connectivity index (χ3v) is 3.10. The number of aryl methyl sites for hydroxylation is 1. The second-order valence-electron chi connectivity index (χ2n) is 4.49. The van der Waals surface area contributed by atoms with Crippen LogP contribution in [-0.4, -0.2) is 5.11 Å². The zero-order chi connectivity index (χ0) is 14.9. The molecule has 0 bridgehead atoms. The van der Waals surface area contributed by atoms with Gasteiger partial charge in [0.15, 0.2) is 0 Å². The lowest BCUT2D eigenvalue weighted by atomic mass is 9.94. The zero-order valence-electron chi connectivity index (χ0n) is 10.6. The van der Waals surface area contributed by atoms with Gasteiger partial charge in [-0.25, -0.2) is 4.39 Å². The summed E-state index contributed by atoms with van der Waals surface area (Å²) in [6.07, 6.45) is -6.17. The molecular weight excluding hydrogens is 272 g/mol. The van der Waals surface area contributed by atoms with E-state index in [1.807, 2.05) is 0 Å². The van der Waals surface area contributed by atoms with Crippen molar-refractivity contribution in [2.45, 2.75) is 19.2 Å². The van der Waals surface area contributed by atoms with E-state index in [1.165, 1.54) is 6.07 Å². The van der Waals surface area contributed by atoms with E-state index in [0.717, 1.165) is 12.1 Å². The van der Waals surface area contributed by atoms with E-state index < -0.39 is 29.2 Å². The quantitative estimate of drug-likeness (QED) is 0.818. The van der Waals surface area contributed by atoms with Gasteiger partial charge in [0.1, 0.15) is 11.9 Å². The highest BCUT2D eigenvalue weighted by atomic mass is 19.4. The number of aliphatic hydroxyl groups excluding tert-OH is 1. The summed E-state index contributed by atoms with van der Waals surface area (Å²) in [7, 11) is 0. The summed E-state index contributed by atoms with van der Waals surface area (Å²) in [6.45, 7) is 1.67. The molecule has 2 rings (SSSR count). The van der Waals surface area contributed by atoms with Crippen LogP contribution in [0.3, 0.4) is 0 Å².